The summed E-state index contributed by atoms with van der Waals surface area (Å²) in [4.78, 5) is 25.3. The number of hydrogen-bond acceptors (Lipinski definition) is 6. The topological polar surface area (TPSA) is 109 Å². The quantitative estimate of drug-likeness (QED) is 0.829. The van der Waals surface area contributed by atoms with Crippen LogP contribution in [0, 0.1) is 0 Å². The van der Waals surface area contributed by atoms with Gasteiger partial charge in [-0.1, -0.05) is 0 Å². The molecule has 1 heterocycles. The van der Waals surface area contributed by atoms with Crippen molar-refractivity contribution >= 4 is 5.82 Å². The molecule has 8 heteroatoms. The Balaban J connectivity index is 2.77. The smallest absolute Gasteiger partial charge is 0.334 e. The number of aromatic nitrogens is 2. The minimum absolute atomic E-state index is 0.00183. The number of benzene rings is 1. The van der Waals surface area contributed by atoms with E-state index in [0.717, 1.165) is 10.6 Å². The van der Waals surface area contributed by atoms with Crippen molar-refractivity contribution < 1.29 is 14.2 Å². The number of rotatable bonds is 4. The maximum atomic E-state index is 11.9. The van der Waals surface area contributed by atoms with Crippen LogP contribution in [0.1, 0.15) is 0 Å². The zero-order chi connectivity index (χ0) is 15.6. The van der Waals surface area contributed by atoms with Gasteiger partial charge in [0, 0.05) is 18.2 Å². The summed E-state index contributed by atoms with van der Waals surface area (Å²) in [7, 11) is 4.39. The molecule has 0 bridgehead atoms. The molecule has 1 aromatic carbocycles. The number of H-pyrrole nitrogens is 1. The van der Waals surface area contributed by atoms with E-state index in [1.807, 2.05) is 0 Å². The maximum Gasteiger partial charge on any atom is 0.334 e. The predicted molar refractivity (Wildman–Crippen MR) is 76.7 cm³/mol. The molecule has 0 atom stereocenters. The predicted octanol–water partition coefficient (Wildman–Crippen LogP) is 0.134. The number of nitrogen functional groups attached to an aromatic ring is 1. The number of ether oxygens (including phenoxy) is 3. The molecular weight excluding hydrogens is 278 g/mol. The van der Waals surface area contributed by atoms with Crippen LogP contribution in [0.3, 0.4) is 0 Å². The molecule has 2 aromatic rings. The van der Waals surface area contributed by atoms with E-state index in [1.165, 1.54) is 21.3 Å². The van der Waals surface area contributed by atoms with E-state index in [0.29, 0.717) is 22.9 Å². The van der Waals surface area contributed by atoms with Gasteiger partial charge < -0.3 is 19.9 Å². The Morgan fingerprint density at radius 1 is 1.00 bits per heavy atom. The number of nitrogens with two attached hydrogens (primary N) is 1. The summed E-state index contributed by atoms with van der Waals surface area (Å²) in [5.74, 6) is 1.12. The summed E-state index contributed by atoms with van der Waals surface area (Å²) < 4.78 is 16.8. The fourth-order valence-corrected chi connectivity index (χ4v) is 1.98. The lowest BCUT2D eigenvalue weighted by atomic mass is 10.2. The Bertz CT molecular complexity index is 753. The summed E-state index contributed by atoms with van der Waals surface area (Å²) in [5.41, 5.74) is 4.89. The van der Waals surface area contributed by atoms with Crippen LogP contribution in [0.15, 0.2) is 27.8 Å². The lowest BCUT2D eigenvalue weighted by molar-refractivity contribution is 0.324. The van der Waals surface area contributed by atoms with Crippen molar-refractivity contribution in [3.8, 4) is 22.9 Å². The van der Waals surface area contributed by atoms with E-state index in [1.54, 1.807) is 12.1 Å². The summed E-state index contributed by atoms with van der Waals surface area (Å²) >= 11 is 0. The molecule has 0 aliphatic heterocycles. The lowest BCUT2D eigenvalue weighted by Crippen LogP contribution is -2.30. The van der Waals surface area contributed by atoms with Crippen LogP contribution in [-0.4, -0.2) is 30.9 Å². The first-order valence-electron chi connectivity index (χ1n) is 5.94. The van der Waals surface area contributed by atoms with Gasteiger partial charge in [-0.25, -0.2) is 9.36 Å². The van der Waals surface area contributed by atoms with Gasteiger partial charge in [-0.3, -0.25) is 9.78 Å². The van der Waals surface area contributed by atoms with Gasteiger partial charge in [-0.15, -0.1) is 0 Å². The van der Waals surface area contributed by atoms with Crippen LogP contribution in [0.25, 0.3) is 5.69 Å². The van der Waals surface area contributed by atoms with Crippen LogP contribution in [0.4, 0.5) is 5.82 Å². The fraction of sp³-hybridized carbons (Fsp3) is 0.231. The summed E-state index contributed by atoms with van der Waals surface area (Å²) in [5, 5.41) is 0. The molecule has 0 unspecified atom stereocenters. The van der Waals surface area contributed by atoms with E-state index >= 15 is 0 Å². The lowest BCUT2D eigenvalue weighted by Gasteiger charge is -2.15. The maximum absolute atomic E-state index is 11.9. The standard InChI is InChI=1S/C13H15N3O5/c1-19-8-4-7(5-9(20-2)12(8)21-3)16-10(14)6-11(17)15-13(16)18/h4-6H,14H2,1-3H3,(H,15,17,18). The van der Waals surface area contributed by atoms with Gasteiger partial charge >= 0.3 is 5.69 Å². The summed E-state index contributed by atoms with van der Waals surface area (Å²) in [6.45, 7) is 0. The average molecular weight is 293 g/mol. The molecule has 0 radical (unpaired) electrons. The van der Waals surface area contributed by atoms with E-state index < -0.39 is 11.2 Å². The Labute approximate surface area is 119 Å². The minimum atomic E-state index is -0.658. The number of hydrogen-bond donors (Lipinski definition) is 2. The first-order chi connectivity index (χ1) is 10.0. The minimum Gasteiger partial charge on any atom is -0.493 e. The molecule has 8 nitrogen and oxygen atoms in total. The third-order valence-electron chi connectivity index (χ3n) is 2.88. The van der Waals surface area contributed by atoms with Crippen LogP contribution in [0.5, 0.6) is 17.2 Å². The largest absolute Gasteiger partial charge is 0.493 e. The van der Waals surface area contributed by atoms with Crippen molar-refractivity contribution in [3.63, 3.8) is 0 Å². The normalized spacial score (nSPS) is 10.2. The Morgan fingerprint density at radius 2 is 1.57 bits per heavy atom. The molecule has 0 saturated heterocycles. The van der Waals surface area contributed by atoms with Gasteiger partial charge in [0.15, 0.2) is 11.5 Å². The molecule has 0 saturated carbocycles. The van der Waals surface area contributed by atoms with Crippen molar-refractivity contribution in [2.45, 2.75) is 0 Å². The molecule has 0 aliphatic carbocycles. The van der Waals surface area contributed by atoms with Crippen molar-refractivity contribution in [2.24, 2.45) is 0 Å². The third-order valence-corrected chi connectivity index (χ3v) is 2.88. The Kier molecular flexibility index (Phi) is 3.88. The zero-order valence-electron chi connectivity index (χ0n) is 11.8. The van der Waals surface area contributed by atoms with Gasteiger partial charge in [0.05, 0.1) is 27.0 Å². The van der Waals surface area contributed by atoms with Crippen LogP contribution in [0.2, 0.25) is 0 Å². The van der Waals surface area contributed by atoms with E-state index in [4.69, 9.17) is 19.9 Å². The third kappa shape index (κ3) is 2.55. The number of nitrogens with zero attached hydrogens (tertiary/aromatic N) is 1. The Hall–Kier alpha value is -2.90. The Morgan fingerprint density at radius 3 is 2.00 bits per heavy atom. The first-order valence-corrected chi connectivity index (χ1v) is 5.94. The van der Waals surface area contributed by atoms with Gasteiger partial charge in [-0.2, -0.15) is 0 Å². The molecule has 0 spiro atoms. The second-order valence-corrected chi connectivity index (χ2v) is 4.08. The van der Waals surface area contributed by atoms with Gasteiger partial charge in [-0.05, 0) is 0 Å². The number of anilines is 1. The average Bonchev–Trinajstić information content (AvgIpc) is 2.44. The molecule has 112 valence electrons. The van der Waals surface area contributed by atoms with Crippen LogP contribution >= 0.6 is 0 Å². The molecule has 0 fully saturated rings. The van der Waals surface area contributed by atoms with Gasteiger partial charge in [0.2, 0.25) is 5.75 Å². The fourth-order valence-electron chi connectivity index (χ4n) is 1.98. The first kappa shape index (κ1) is 14.5. The van der Waals surface area contributed by atoms with Crippen molar-refractivity contribution in [1.82, 2.24) is 9.55 Å². The highest BCUT2D eigenvalue weighted by atomic mass is 16.5. The van der Waals surface area contributed by atoms with Gasteiger partial charge in [0.25, 0.3) is 5.56 Å². The molecule has 21 heavy (non-hydrogen) atoms. The summed E-state index contributed by atoms with van der Waals surface area (Å²) in [6, 6.07) is 4.22. The van der Waals surface area contributed by atoms with E-state index in [2.05, 4.69) is 4.98 Å². The highest BCUT2D eigenvalue weighted by Crippen LogP contribution is 2.39. The molecular formula is C13H15N3O5. The second-order valence-electron chi connectivity index (χ2n) is 4.08. The van der Waals surface area contributed by atoms with Crippen molar-refractivity contribution in [1.29, 1.82) is 0 Å². The molecule has 0 amide bonds. The number of nitrogens with one attached hydrogen (secondary N) is 1. The molecule has 1 aromatic heterocycles. The van der Waals surface area contributed by atoms with Crippen molar-refractivity contribution in [2.75, 3.05) is 27.1 Å². The number of aromatic amines is 1. The zero-order valence-corrected chi connectivity index (χ0v) is 11.8. The molecule has 2 rings (SSSR count). The monoisotopic (exact) mass is 293 g/mol. The number of methoxy groups -OCH3 is 3. The van der Waals surface area contributed by atoms with E-state index in [9.17, 15) is 9.59 Å². The van der Waals surface area contributed by atoms with E-state index in [-0.39, 0.29) is 5.82 Å². The highest BCUT2D eigenvalue weighted by Gasteiger charge is 2.16. The second kappa shape index (κ2) is 5.61. The summed E-state index contributed by atoms with van der Waals surface area (Å²) in [6.07, 6.45) is 0. The SMILES string of the molecule is COc1cc(-n2c(N)cc(=O)[nH]c2=O)cc(OC)c1OC. The molecule has 3 N–H and O–H groups in total. The molecule has 0 aliphatic rings. The highest BCUT2D eigenvalue weighted by molar-refractivity contribution is 5.59. The van der Waals surface area contributed by atoms with Crippen molar-refractivity contribution in [3.05, 3.63) is 39.0 Å². The van der Waals surface area contributed by atoms with Crippen LogP contribution < -0.4 is 31.2 Å². The van der Waals surface area contributed by atoms with Gasteiger partial charge in [0.1, 0.15) is 5.82 Å². The van der Waals surface area contributed by atoms with Crippen LogP contribution in [-0.2, 0) is 0 Å².